The van der Waals surface area contributed by atoms with Gasteiger partial charge in [0.1, 0.15) is 6.54 Å². The fourth-order valence-electron chi connectivity index (χ4n) is 3.35. The van der Waals surface area contributed by atoms with E-state index in [0.29, 0.717) is 30.9 Å². The Balaban J connectivity index is 1.65. The Hall–Kier alpha value is -2.83. The molecule has 26 heavy (non-hydrogen) atoms. The zero-order valence-electron chi connectivity index (χ0n) is 15.3. The average Bonchev–Trinajstić information content (AvgIpc) is 2.57. The smallest absolute Gasteiger partial charge is 0.319 e. The van der Waals surface area contributed by atoms with Crippen molar-refractivity contribution in [1.29, 1.82) is 0 Å². The van der Waals surface area contributed by atoms with Crippen LogP contribution in [-0.2, 0) is 16.1 Å². The molecule has 4 amide bonds. The van der Waals surface area contributed by atoms with Crippen molar-refractivity contribution in [2.24, 2.45) is 0 Å². The van der Waals surface area contributed by atoms with Crippen LogP contribution in [0.5, 0.6) is 0 Å². The summed E-state index contributed by atoms with van der Waals surface area (Å²) in [6.45, 7) is 7.09. The van der Waals surface area contributed by atoms with Gasteiger partial charge in [-0.25, -0.2) is 4.79 Å². The Morgan fingerprint density at radius 2 is 1.85 bits per heavy atom. The summed E-state index contributed by atoms with van der Waals surface area (Å²) in [5, 5.41) is 5.31. The van der Waals surface area contributed by atoms with E-state index in [-0.39, 0.29) is 30.4 Å². The molecule has 1 atom stereocenters. The van der Waals surface area contributed by atoms with Crippen molar-refractivity contribution in [2.75, 3.05) is 19.6 Å². The lowest BCUT2D eigenvalue weighted by atomic mass is 10.0. The van der Waals surface area contributed by atoms with Crippen LogP contribution in [0.2, 0.25) is 0 Å². The van der Waals surface area contributed by atoms with Crippen molar-refractivity contribution in [2.45, 2.75) is 33.4 Å². The second-order valence-electron chi connectivity index (χ2n) is 6.89. The Morgan fingerprint density at radius 3 is 2.46 bits per heavy atom. The van der Waals surface area contributed by atoms with E-state index in [2.05, 4.69) is 10.6 Å². The third-order valence-corrected chi connectivity index (χ3v) is 4.82. The van der Waals surface area contributed by atoms with Gasteiger partial charge in [0.05, 0.1) is 11.6 Å². The van der Waals surface area contributed by atoms with Crippen molar-refractivity contribution < 1.29 is 14.4 Å². The first-order chi connectivity index (χ1) is 12.3. The lowest BCUT2D eigenvalue weighted by Gasteiger charge is -2.36. The normalized spacial score (nSPS) is 20.8. The van der Waals surface area contributed by atoms with Crippen LogP contribution in [0.15, 0.2) is 35.5 Å². The van der Waals surface area contributed by atoms with E-state index in [0.717, 1.165) is 5.56 Å². The van der Waals surface area contributed by atoms with Gasteiger partial charge < -0.3 is 20.4 Å². The summed E-state index contributed by atoms with van der Waals surface area (Å²) >= 11 is 0. The van der Waals surface area contributed by atoms with Crippen molar-refractivity contribution in [3.63, 3.8) is 0 Å². The highest BCUT2D eigenvalue weighted by Gasteiger charge is 2.33. The maximum Gasteiger partial charge on any atom is 0.319 e. The molecule has 0 aromatic heterocycles. The van der Waals surface area contributed by atoms with Gasteiger partial charge in [0.15, 0.2) is 0 Å². The fourth-order valence-corrected chi connectivity index (χ4v) is 3.35. The molecule has 2 N–H and O–H groups in total. The van der Waals surface area contributed by atoms with E-state index in [1.54, 1.807) is 23.6 Å². The molecule has 7 heteroatoms. The maximum absolute atomic E-state index is 12.8. The van der Waals surface area contributed by atoms with E-state index in [4.69, 9.17) is 0 Å². The number of nitrogens with zero attached hydrogens (tertiary/aromatic N) is 2. The Kier molecular flexibility index (Phi) is 4.97. The number of amides is 4. The molecule has 0 radical (unpaired) electrons. The van der Waals surface area contributed by atoms with Gasteiger partial charge in [0.2, 0.25) is 5.91 Å². The topological polar surface area (TPSA) is 81.8 Å². The molecule has 2 aliphatic rings. The molecule has 7 nitrogen and oxygen atoms in total. The number of carbonyl (C=O) groups excluding carboxylic acids is 3. The Bertz CT molecular complexity index is 769. The highest BCUT2D eigenvalue weighted by atomic mass is 16.2. The van der Waals surface area contributed by atoms with E-state index in [1.807, 2.05) is 31.2 Å². The predicted octanol–water partition coefficient (Wildman–Crippen LogP) is 1.14. The second kappa shape index (κ2) is 7.19. The molecule has 2 aliphatic heterocycles. The quantitative estimate of drug-likeness (QED) is 0.852. The number of hydrogen-bond acceptors (Lipinski definition) is 3. The van der Waals surface area contributed by atoms with Crippen LogP contribution >= 0.6 is 0 Å². The first-order valence-corrected chi connectivity index (χ1v) is 8.76. The highest BCUT2D eigenvalue weighted by molar-refractivity contribution is 6.00. The Morgan fingerprint density at radius 1 is 1.15 bits per heavy atom. The van der Waals surface area contributed by atoms with Crippen molar-refractivity contribution in [3.05, 3.63) is 46.7 Å². The molecule has 1 unspecified atom stereocenters. The first kappa shape index (κ1) is 18.0. The van der Waals surface area contributed by atoms with Gasteiger partial charge in [-0.2, -0.15) is 0 Å². The monoisotopic (exact) mass is 356 g/mol. The molecule has 1 aromatic carbocycles. The van der Waals surface area contributed by atoms with Crippen LogP contribution in [0.25, 0.3) is 0 Å². The number of carbonyl (C=O) groups is 3. The minimum Gasteiger partial charge on any atom is -0.335 e. The molecule has 0 aliphatic carbocycles. The van der Waals surface area contributed by atoms with Gasteiger partial charge in [-0.15, -0.1) is 0 Å². The first-order valence-electron chi connectivity index (χ1n) is 8.76. The summed E-state index contributed by atoms with van der Waals surface area (Å²) in [6, 6.07) is 7.41. The summed E-state index contributed by atoms with van der Waals surface area (Å²) in [6.07, 6.45) is 0. The molecule has 0 bridgehead atoms. The molecular weight excluding hydrogens is 332 g/mol. The molecule has 2 heterocycles. The van der Waals surface area contributed by atoms with E-state index in [1.165, 1.54) is 5.56 Å². The predicted molar refractivity (Wildman–Crippen MR) is 97.0 cm³/mol. The highest BCUT2D eigenvalue weighted by Crippen LogP contribution is 2.18. The maximum atomic E-state index is 12.8. The van der Waals surface area contributed by atoms with E-state index < -0.39 is 0 Å². The van der Waals surface area contributed by atoms with Crippen molar-refractivity contribution in [1.82, 2.24) is 20.4 Å². The third kappa shape index (κ3) is 3.71. The zero-order chi connectivity index (χ0) is 18.8. The Labute approximate surface area is 153 Å². The van der Waals surface area contributed by atoms with Crippen LogP contribution in [0.4, 0.5) is 4.79 Å². The fraction of sp³-hybridized carbons (Fsp3) is 0.421. The number of rotatable bonds is 3. The summed E-state index contributed by atoms with van der Waals surface area (Å²) in [5.74, 6) is -0.269. The van der Waals surface area contributed by atoms with Gasteiger partial charge in [-0.3, -0.25) is 9.59 Å². The van der Waals surface area contributed by atoms with E-state index >= 15 is 0 Å². The molecule has 1 fully saturated rings. The van der Waals surface area contributed by atoms with E-state index in [9.17, 15) is 14.4 Å². The van der Waals surface area contributed by atoms with Gasteiger partial charge in [0, 0.05) is 25.3 Å². The number of aryl methyl sites for hydroxylation is 1. The standard InChI is InChI=1S/C19H24N4O3/c1-12-4-6-15(7-5-12)10-22-8-9-23(11-16(22)24)18(25)17-13(2)20-19(26)21-14(17)3/h4-7,13H,8-11H2,1-3H3,(H2,20,21,26). The SMILES string of the molecule is CC1=C(C(=O)N2CCN(Cc3ccc(C)cc3)C(=O)C2)C(C)NC(=O)N1. The largest absolute Gasteiger partial charge is 0.335 e. The summed E-state index contributed by atoms with van der Waals surface area (Å²) in [5.41, 5.74) is 3.31. The second-order valence-corrected chi connectivity index (χ2v) is 6.89. The number of hydrogen-bond donors (Lipinski definition) is 2. The molecule has 3 rings (SSSR count). The zero-order valence-corrected chi connectivity index (χ0v) is 15.3. The van der Waals surface area contributed by atoms with Crippen LogP contribution in [0.3, 0.4) is 0 Å². The number of allylic oxidation sites excluding steroid dienone is 1. The molecule has 1 aromatic rings. The van der Waals surface area contributed by atoms with Crippen LogP contribution in [0, 0.1) is 6.92 Å². The number of urea groups is 1. The average molecular weight is 356 g/mol. The molecule has 138 valence electrons. The van der Waals surface area contributed by atoms with Crippen molar-refractivity contribution >= 4 is 17.8 Å². The number of nitrogens with one attached hydrogen (secondary N) is 2. The lowest BCUT2D eigenvalue weighted by Crippen LogP contribution is -2.55. The number of benzene rings is 1. The van der Waals surface area contributed by atoms with Gasteiger partial charge in [-0.1, -0.05) is 29.8 Å². The minimum absolute atomic E-state index is 0.0577. The summed E-state index contributed by atoms with van der Waals surface area (Å²) in [7, 11) is 0. The van der Waals surface area contributed by atoms with Crippen LogP contribution in [-0.4, -0.2) is 53.3 Å². The van der Waals surface area contributed by atoms with Gasteiger partial charge in [0.25, 0.3) is 5.91 Å². The minimum atomic E-state index is -0.378. The molecule has 0 saturated carbocycles. The molecule has 0 spiro atoms. The third-order valence-electron chi connectivity index (χ3n) is 4.82. The summed E-state index contributed by atoms with van der Waals surface area (Å²) < 4.78 is 0. The lowest BCUT2D eigenvalue weighted by molar-refractivity contribution is -0.144. The van der Waals surface area contributed by atoms with Crippen LogP contribution in [0.1, 0.15) is 25.0 Å². The molecule has 1 saturated heterocycles. The van der Waals surface area contributed by atoms with Crippen LogP contribution < -0.4 is 10.6 Å². The van der Waals surface area contributed by atoms with Gasteiger partial charge in [-0.05, 0) is 26.3 Å². The molecular formula is C19H24N4O3. The number of piperazine rings is 1. The van der Waals surface area contributed by atoms with Crippen molar-refractivity contribution in [3.8, 4) is 0 Å². The summed E-state index contributed by atoms with van der Waals surface area (Å²) in [4.78, 5) is 40.2. The van der Waals surface area contributed by atoms with Gasteiger partial charge >= 0.3 is 6.03 Å².